The maximum Gasteiger partial charge on any atom is 0.273 e. The van der Waals surface area contributed by atoms with Crippen molar-refractivity contribution in [3.05, 3.63) is 61.7 Å². The SMILES string of the molecule is C#CC(Nc1nc(C)nc2c(Br)c(=O)n(C34CCN(CC3)C4)cc12)c1cccc2c1CCC2(F)F. The Kier molecular flexibility index (Phi) is 5.07. The standard InChI is InChI=1S/C26H24BrF2N5O/c1-3-20(17-5-4-6-19-16(17)7-8-26(19,28)29)32-23-18-13-34(25-9-11-33(14-25)12-10-25)24(35)21(27)22(18)30-15(2)31-23/h1,4-6,13,20H,7-12,14H2,2H3,(H,30,31,32). The molecule has 180 valence electrons. The highest BCUT2D eigenvalue weighted by atomic mass is 79.9. The highest BCUT2D eigenvalue weighted by Gasteiger charge is 2.46. The molecule has 0 radical (unpaired) electrons. The van der Waals surface area contributed by atoms with Crippen LogP contribution < -0.4 is 10.9 Å². The molecule has 9 heteroatoms. The van der Waals surface area contributed by atoms with Gasteiger partial charge in [-0.3, -0.25) is 4.79 Å². The molecule has 4 heterocycles. The van der Waals surface area contributed by atoms with Crippen LogP contribution in [0.15, 0.2) is 33.7 Å². The number of terminal acetylenes is 1. The number of aromatic nitrogens is 3. The summed E-state index contributed by atoms with van der Waals surface area (Å²) in [6.07, 6.45) is 9.64. The van der Waals surface area contributed by atoms with Gasteiger partial charge in [0.05, 0.1) is 16.4 Å². The second-order valence-corrected chi connectivity index (χ2v) is 10.6. The number of aryl methyl sites for hydroxylation is 1. The molecule has 1 aliphatic carbocycles. The first-order chi connectivity index (χ1) is 16.7. The smallest absolute Gasteiger partial charge is 0.273 e. The highest BCUT2D eigenvalue weighted by molar-refractivity contribution is 9.10. The molecular weight excluding hydrogens is 516 g/mol. The number of hydrogen-bond donors (Lipinski definition) is 1. The van der Waals surface area contributed by atoms with Gasteiger partial charge in [0.25, 0.3) is 11.5 Å². The van der Waals surface area contributed by atoms with E-state index in [0.29, 0.717) is 38.1 Å². The van der Waals surface area contributed by atoms with Crippen molar-refractivity contribution >= 4 is 32.7 Å². The summed E-state index contributed by atoms with van der Waals surface area (Å²) in [5.41, 5.74) is 1.45. The van der Waals surface area contributed by atoms with Crippen LogP contribution >= 0.6 is 15.9 Å². The van der Waals surface area contributed by atoms with E-state index in [1.54, 1.807) is 19.1 Å². The number of nitrogens with zero attached hydrogens (tertiary/aromatic N) is 4. The number of benzene rings is 1. The van der Waals surface area contributed by atoms with E-state index in [-0.39, 0.29) is 29.5 Å². The zero-order valence-corrected chi connectivity index (χ0v) is 20.8. The molecule has 2 aromatic heterocycles. The van der Waals surface area contributed by atoms with E-state index < -0.39 is 12.0 Å². The van der Waals surface area contributed by atoms with E-state index in [2.05, 4.69) is 42.0 Å². The van der Waals surface area contributed by atoms with Gasteiger partial charge in [0.2, 0.25) is 0 Å². The summed E-state index contributed by atoms with van der Waals surface area (Å²) in [6.45, 7) is 4.54. The van der Waals surface area contributed by atoms with Gasteiger partial charge in [-0.1, -0.05) is 24.1 Å². The van der Waals surface area contributed by atoms with Gasteiger partial charge in [-0.2, -0.15) is 0 Å². The predicted molar refractivity (Wildman–Crippen MR) is 134 cm³/mol. The fourth-order valence-electron chi connectivity index (χ4n) is 6.01. The largest absolute Gasteiger partial charge is 0.352 e. The molecule has 6 rings (SSSR count). The molecule has 0 amide bonds. The maximum absolute atomic E-state index is 14.4. The van der Waals surface area contributed by atoms with Crippen molar-refractivity contribution in [3.63, 3.8) is 0 Å². The number of fused-ring (bicyclic) bond motifs is 4. The Hall–Kier alpha value is -2.83. The van der Waals surface area contributed by atoms with Crippen molar-refractivity contribution in [2.45, 2.75) is 50.1 Å². The van der Waals surface area contributed by atoms with Gasteiger partial charge in [-0.25, -0.2) is 18.7 Å². The minimum atomic E-state index is -2.85. The molecule has 0 spiro atoms. The average Bonchev–Trinajstić information content (AvgIpc) is 3.54. The second kappa shape index (κ2) is 7.84. The Bertz CT molecular complexity index is 1470. The van der Waals surface area contributed by atoms with Crippen LogP contribution in [0.3, 0.4) is 0 Å². The number of nitrogens with one attached hydrogen (secondary N) is 1. The number of alkyl halides is 2. The lowest BCUT2D eigenvalue weighted by Crippen LogP contribution is -2.40. The summed E-state index contributed by atoms with van der Waals surface area (Å²) in [4.78, 5) is 24.9. The van der Waals surface area contributed by atoms with Crippen LogP contribution in [-0.2, 0) is 17.9 Å². The van der Waals surface area contributed by atoms with Crippen molar-refractivity contribution in [1.82, 2.24) is 19.4 Å². The van der Waals surface area contributed by atoms with Crippen molar-refractivity contribution in [2.24, 2.45) is 0 Å². The van der Waals surface area contributed by atoms with E-state index >= 15 is 0 Å². The molecule has 35 heavy (non-hydrogen) atoms. The van der Waals surface area contributed by atoms with Gasteiger partial charge in [0.1, 0.15) is 22.2 Å². The van der Waals surface area contributed by atoms with Crippen LogP contribution in [-0.4, -0.2) is 39.1 Å². The fraction of sp³-hybridized carbons (Fsp3) is 0.423. The van der Waals surface area contributed by atoms with Gasteiger partial charge in [-0.05, 0) is 53.2 Å². The van der Waals surface area contributed by atoms with Gasteiger partial charge in [0.15, 0.2) is 0 Å². The van der Waals surface area contributed by atoms with Crippen LogP contribution in [0, 0.1) is 19.3 Å². The number of piperidine rings is 1. The molecule has 2 aliphatic heterocycles. The van der Waals surface area contributed by atoms with Crippen LogP contribution in [0.1, 0.15) is 47.8 Å². The first kappa shape index (κ1) is 22.6. The Morgan fingerprint density at radius 3 is 2.69 bits per heavy atom. The molecule has 3 aliphatic rings. The first-order valence-corrected chi connectivity index (χ1v) is 12.6. The molecule has 2 fully saturated rings. The molecule has 2 bridgehead atoms. The zero-order valence-electron chi connectivity index (χ0n) is 19.2. The van der Waals surface area contributed by atoms with Crippen LogP contribution in [0.25, 0.3) is 10.9 Å². The minimum absolute atomic E-state index is 0.0449. The number of anilines is 1. The molecule has 1 unspecified atom stereocenters. The molecule has 0 saturated carbocycles. The summed E-state index contributed by atoms with van der Waals surface area (Å²) >= 11 is 3.51. The normalized spacial score (nSPS) is 24.9. The van der Waals surface area contributed by atoms with Crippen LogP contribution in [0.5, 0.6) is 0 Å². The Labute approximate surface area is 209 Å². The van der Waals surface area contributed by atoms with E-state index in [0.717, 1.165) is 32.5 Å². The Morgan fingerprint density at radius 1 is 1.23 bits per heavy atom. The third-order valence-electron chi connectivity index (χ3n) is 7.80. The molecule has 1 aromatic carbocycles. The second-order valence-electron chi connectivity index (χ2n) is 9.82. The van der Waals surface area contributed by atoms with E-state index in [1.165, 1.54) is 6.07 Å². The number of hydrogen-bond acceptors (Lipinski definition) is 5. The molecular formula is C26H24BrF2N5O. The molecule has 1 N–H and O–H groups in total. The third kappa shape index (κ3) is 3.41. The molecule has 1 atom stereocenters. The van der Waals surface area contributed by atoms with Gasteiger partial charge in [0, 0.05) is 37.8 Å². The molecule has 6 nitrogen and oxygen atoms in total. The van der Waals surface area contributed by atoms with Gasteiger partial charge < -0.3 is 14.8 Å². The Morgan fingerprint density at radius 2 is 2.00 bits per heavy atom. The lowest BCUT2D eigenvalue weighted by atomic mass is 9.94. The summed E-state index contributed by atoms with van der Waals surface area (Å²) in [5, 5.41) is 3.98. The average molecular weight is 540 g/mol. The summed E-state index contributed by atoms with van der Waals surface area (Å²) in [5.74, 6) is 0.837. The quantitative estimate of drug-likeness (QED) is 0.495. The Balaban J connectivity index is 1.48. The lowest BCUT2D eigenvalue weighted by molar-refractivity contribution is -0.00184. The van der Waals surface area contributed by atoms with Gasteiger partial charge in [-0.15, -0.1) is 6.42 Å². The monoisotopic (exact) mass is 539 g/mol. The number of rotatable bonds is 4. The van der Waals surface area contributed by atoms with E-state index in [1.807, 2.05) is 10.8 Å². The van der Waals surface area contributed by atoms with Gasteiger partial charge >= 0.3 is 0 Å². The van der Waals surface area contributed by atoms with Crippen molar-refractivity contribution in [1.29, 1.82) is 0 Å². The molecule has 2 saturated heterocycles. The lowest BCUT2D eigenvalue weighted by Gasteiger charge is -2.29. The fourth-order valence-corrected chi connectivity index (χ4v) is 6.50. The van der Waals surface area contributed by atoms with Crippen molar-refractivity contribution < 1.29 is 8.78 Å². The zero-order chi connectivity index (χ0) is 24.5. The maximum atomic E-state index is 14.4. The summed E-state index contributed by atoms with van der Waals surface area (Å²) in [7, 11) is 0. The van der Waals surface area contributed by atoms with Crippen LogP contribution in [0.2, 0.25) is 0 Å². The topological polar surface area (TPSA) is 63.1 Å². The predicted octanol–water partition coefficient (Wildman–Crippen LogP) is 4.49. The number of halogens is 3. The van der Waals surface area contributed by atoms with Crippen molar-refractivity contribution in [3.8, 4) is 12.3 Å². The summed E-state index contributed by atoms with van der Waals surface area (Å²) < 4.78 is 31.0. The summed E-state index contributed by atoms with van der Waals surface area (Å²) in [6, 6.07) is 4.24. The minimum Gasteiger partial charge on any atom is -0.352 e. The highest BCUT2D eigenvalue weighted by Crippen LogP contribution is 2.44. The first-order valence-electron chi connectivity index (χ1n) is 11.8. The molecule has 3 aromatic rings. The van der Waals surface area contributed by atoms with Crippen LogP contribution in [0.4, 0.5) is 14.6 Å². The van der Waals surface area contributed by atoms with E-state index in [4.69, 9.17) is 6.42 Å². The third-order valence-corrected chi connectivity index (χ3v) is 8.51. The number of pyridine rings is 1. The van der Waals surface area contributed by atoms with Crippen molar-refractivity contribution in [2.75, 3.05) is 25.0 Å². The van der Waals surface area contributed by atoms with E-state index in [9.17, 15) is 13.6 Å².